The van der Waals surface area contributed by atoms with Crippen LogP contribution in [0.2, 0.25) is 0 Å². The van der Waals surface area contributed by atoms with Gasteiger partial charge in [-0.3, -0.25) is 0 Å². The summed E-state index contributed by atoms with van der Waals surface area (Å²) in [6, 6.07) is 0. The van der Waals surface area contributed by atoms with E-state index in [2.05, 4.69) is 11.2 Å². The van der Waals surface area contributed by atoms with Crippen LogP contribution < -0.4 is 4.99 Å². The lowest BCUT2D eigenvalue weighted by atomic mass is 10.0. The first-order chi connectivity index (χ1) is 3.43. The van der Waals surface area contributed by atoms with Gasteiger partial charge in [0.2, 0.25) is 11.8 Å². The van der Waals surface area contributed by atoms with Gasteiger partial charge in [-0.2, -0.15) is 0 Å². The van der Waals surface area contributed by atoms with Gasteiger partial charge in [-0.25, -0.2) is 4.99 Å². The summed E-state index contributed by atoms with van der Waals surface area (Å²) in [6.07, 6.45) is 5.26. The van der Waals surface area contributed by atoms with Crippen LogP contribution in [0, 0.1) is 11.8 Å². The molecule has 2 fully saturated rings. The lowest BCUT2D eigenvalue weighted by molar-refractivity contribution is -0.408. The minimum Gasteiger partial charge on any atom is -0.231 e. The number of rotatable bonds is 0. The molecule has 0 saturated heterocycles. The lowest BCUT2D eigenvalue weighted by Gasteiger charge is -2.00. The Hall–Kier alpha value is -0.330. The molecule has 1 spiro atoms. The fraction of sp³-hybridized carbons (Fsp3) is 0.833. The minimum absolute atomic E-state index is 0.653. The summed E-state index contributed by atoms with van der Waals surface area (Å²) >= 11 is 0. The largest absolute Gasteiger partial charge is 0.242 e. The Balaban J connectivity index is 2.07. The highest BCUT2D eigenvalue weighted by atomic mass is 15.1. The Morgan fingerprint density at radius 3 is 2.14 bits per heavy atom. The molecule has 1 nitrogen and oxygen atoms in total. The van der Waals surface area contributed by atoms with Crippen LogP contribution in [0.25, 0.3) is 0 Å². The van der Waals surface area contributed by atoms with E-state index in [1.54, 1.807) is 0 Å². The predicted molar refractivity (Wildman–Crippen MR) is 26.0 cm³/mol. The molecule has 0 aromatic heterocycles. The molecular weight excluding hydrogens is 86.1 g/mol. The van der Waals surface area contributed by atoms with E-state index in [9.17, 15) is 0 Å². The molecule has 3 aliphatic rings. The summed E-state index contributed by atoms with van der Waals surface area (Å²) < 4.78 is 0. The van der Waals surface area contributed by atoms with Crippen LogP contribution >= 0.6 is 0 Å². The maximum Gasteiger partial charge on any atom is 0.242 e. The zero-order valence-electron chi connectivity index (χ0n) is 4.15. The van der Waals surface area contributed by atoms with E-state index in [0.29, 0.717) is 5.54 Å². The van der Waals surface area contributed by atoms with E-state index >= 15 is 0 Å². The van der Waals surface area contributed by atoms with Crippen molar-refractivity contribution in [1.82, 2.24) is 0 Å². The Labute approximate surface area is 42.4 Å². The maximum atomic E-state index is 3.32. The van der Waals surface area contributed by atoms with Crippen LogP contribution in [0.15, 0.2) is 0 Å². The zero-order valence-corrected chi connectivity index (χ0v) is 4.15. The minimum atomic E-state index is 0.653. The highest BCUT2D eigenvalue weighted by Gasteiger charge is 2.82. The van der Waals surface area contributed by atoms with Crippen LogP contribution in [0.4, 0.5) is 0 Å². The molecule has 0 aromatic carbocycles. The van der Waals surface area contributed by atoms with Gasteiger partial charge in [-0.15, -0.1) is 0 Å². The lowest BCUT2D eigenvalue weighted by Crippen LogP contribution is -2.54. The van der Waals surface area contributed by atoms with Gasteiger partial charge in [0.05, 0.1) is 0 Å². The molecular formula is C6H8N+. The topological polar surface area (TPSA) is 14.0 Å². The molecule has 2 unspecified atom stereocenters. The Morgan fingerprint density at radius 2 is 2.00 bits per heavy atom. The van der Waals surface area contributed by atoms with Crippen LogP contribution in [-0.2, 0) is 0 Å². The van der Waals surface area contributed by atoms with Gasteiger partial charge in [-0.1, -0.05) is 0 Å². The van der Waals surface area contributed by atoms with Crippen molar-refractivity contribution >= 4 is 6.21 Å². The van der Waals surface area contributed by atoms with Gasteiger partial charge in [0.15, 0.2) is 0 Å². The predicted octanol–water partition coefficient (Wildman–Crippen LogP) is -1.07. The zero-order chi connectivity index (χ0) is 4.48. The molecule has 0 amide bonds. The van der Waals surface area contributed by atoms with E-state index in [1.165, 1.54) is 12.8 Å². The third kappa shape index (κ3) is 0.136. The fourth-order valence-corrected chi connectivity index (χ4v) is 2.05. The summed E-state index contributed by atoms with van der Waals surface area (Å²) in [4.78, 5) is 3.32. The van der Waals surface area contributed by atoms with E-state index in [-0.39, 0.29) is 0 Å². The van der Waals surface area contributed by atoms with E-state index < -0.39 is 0 Å². The molecule has 2 atom stereocenters. The third-order valence-electron chi connectivity index (χ3n) is 2.87. The standard InChI is InChI=1S/C6H7N/c1-2-5-4(1)6(5)3-7-6/h3-5H,1-2H2/p+1. The van der Waals surface area contributed by atoms with Crippen molar-refractivity contribution in [2.24, 2.45) is 11.8 Å². The first kappa shape index (κ1) is 2.85. The molecule has 0 aromatic rings. The SMILES string of the molecule is C1=[NH+]C12C1CCC12. The second-order valence-electron chi connectivity index (χ2n) is 3.01. The van der Waals surface area contributed by atoms with E-state index in [4.69, 9.17) is 0 Å². The number of nitrogens with one attached hydrogen (secondary N) is 1. The van der Waals surface area contributed by atoms with Gasteiger partial charge >= 0.3 is 0 Å². The van der Waals surface area contributed by atoms with E-state index in [1.807, 2.05) is 0 Å². The maximum absolute atomic E-state index is 3.32. The summed E-state index contributed by atoms with van der Waals surface area (Å²) in [5, 5.41) is 0. The highest BCUT2D eigenvalue weighted by molar-refractivity contribution is 5.78. The van der Waals surface area contributed by atoms with Crippen molar-refractivity contribution in [2.45, 2.75) is 18.4 Å². The first-order valence-corrected chi connectivity index (χ1v) is 3.05. The van der Waals surface area contributed by atoms with Crippen LogP contribution in [0.3, 0.4) is 0 Å². The molecule has 7 heavy (non-hydrogen) atoms. The summed E-state index contributed by atoms with van der Waals surface area (Å²) in [5.74, 6) is 2.18. The van der Waals surface area contributed by atoms with Crippen LogP contribution in [0.1, 0.15) is 12.8 Å². The van der Waals surface area contributed by atoms with Gasteiger partial charge in [0.1, 0.15) is 0 Å². The molecule has 2 aliphatic carbocycles. The van der Waals surface area contributed by atoms with Crippen molar-refractivity contribution in [2.75, 3.05) is 0 Å². The summed E-state index contributed by atoms with van der Waals surface area (Å²) in [5.41, 5.74) is 0.653. The highest BCUT2D eigenvalue weighted by Crippen LogP contribution is 2.62. The molecule has 1 aliphatic heterocycles. The van der Waals surface area contributed by atoms with Crippen LogP contribution in [-0.4, -0.2) is 11.8 Å². The van der Waals surface area contributed by atoms with Crippen molar-refractivity contribution in [3.63, 3.8) is 0 Å². The second-order valence-corrected chi connectivity index (χ2v) is 3.01. The Morgan fingerprint density at radius 1 is 1.43 bits per heavy atom. The van der Waals surface area contributed by atoms with Crippen molar-refractivity contribution in [3.05, 3.63) is 0 Å². The van der Waals surface area contributed by atoms with Gasteiger partial charge in [-0.05, 0) is 12.8 Å². The first-order valence-electron chi connectivity index (χ1n) is 3.05. The quantitative estimate of drug-likeness (QED) is 0.393. The molecule has 36 valence electrons. The second kappa shape index (κ2) is 0.504. The van der Waals surface area contributed by atoms with Crippen molar-refractivity contribution < 1.29 is 4.99 Å². The summed E-state index contributed by atoms with van der Waals surface area (Å²) in [7, 11) is 0. The van der Waals surface area contributed by atoms with Crippen molar-refractivity contribution in [1.29, 1.82) is 0 Å². The monoisotopic (exact) mass is 94.1 g/mol. The van der Waals surface area contributed by atoms with Gasteiger partial charge in [0, 0.05) is 11.8 Å². The smallest absolute Gasteiger partial charge is 0.231 e. The van der Waals surface area contributed by atoms with Crippen LogP contribution in [0.5, 0.6) is 0 Å². The molecule has 1 heteroatoms. The fourth-order valence-electron chi connectivity index (χ4n) is 2.05. The van der Waals surface area contributed by atoms with Crippen molar-refractivity contribution in [3.8, 4) is 0 Å². The Kier molecular flexibility index (Phi) is 0.205. The number of hydrogen-bond donors (Lipinski definition) is 1. The average Bonchev–Trinajstić information content (AvgIpc) is 2.20. The third-order valence-corrected chi connectivity index (χ3v) is 2.87. The van der Waals surface area contributed by atoms with Gasteiger partial charge in [0.25, 0.3) is 0 Å². The molecule has 2 saturated carbocycles. The van der Waals surface area contributed by atoms with Gasteiger partial charge < -0.3 is 0 Å². The molecule has 0 bridgehead atoms. The molecule has 3 rings (SSSR count). The average molecular weight is 94.1 g/mol. The molecule has 1 heterocycles. The normalized spacial score (nSPS) is 69.7. The summed E-state index contributed by atoms with van der Waals surface area (Å²) in [6.45, 7) is 0. The number of fused-ring (bicyclic) bond motifs is 3. The molecule has 0 radical (unpaired) electrons. The molecule has 1 N–H and O–H groups in total. The Bertz CT molecular complexity index is 142. The van der Waals surface area contributed by atoms with E-state index in [0.717, 1.165) is 11.8 Å². The number of hydrogen-bond acceptors (Lipinski definition) is 0.